The first-order valence-corrected chi connectivity index (χ1v) is 8.31. The van der Waals surface area contributed by atoms with Crippen molar-refractivity contribution in [2.75, 3.05) is 13.7 Å². The predicted octanol–water partition coefficient (Wildman–Crippen LogP) is 3.38. The van der Waals surface area contributed by atoms with Crippen LogP contribution in [0.5, 0.6) is 5.75 Å². The summed E-state index contributed by atoms with van der Waals surface area (Å²) in [6, 6.07) is 11.1. The van der Waals surface area contributed by atoms with Crippen molar-refractivity contribution in [3.8, 4) is 17.2 Å². The molecule has 0 saturated heterocycles. The third-order valence-electron chi connectivity index (χ3n) is 3.90. The van der Waals surface area contributed by atoms with Crippen LogP contribution in [0.3, 0.4) is 0 Å². The minimum atomic E-state index is -0.274. The summed E-state index contributed by atoms with van der Waals surface area (Å²) in [5.41, 5.74) is 2.61. The number of methoxy groups -OCH3 is 1. The Kier molecular flexibility index (Phi) is 5.63. The number of pyridine rings is 1. The molecule has 0 amide bonds. The van der Waals surface area contributed by atoms with E-state index in [1.54, 1.807) is 12.4 Å². The summed E-state index contributed by atoms with van der Waals surface area (Å²) in [4.78, 5) is 19.9. The van der Waals surface area contributed by atoms with Crippen LogP contribution in [0.1, 0.15) is 17.0 Å². The van der Waals surface area contributed by atoms with E-state index < -0.39 is 0 Å². The third-order valence-corrected chi connectivity index (χ3v) is 3.90. The van der Waals surface area contributed by atoms with Crippen molar-refractivity contribution in [3.63, 3.8) is 0 Å². The largest absolute Gasteiger partial charge is 0.493 e. The van der Waals surface area contributed by atoms with Crippen molar-refractivity contribution in [3.05, 3.63) is 65.8 Å². The number of nitrogens with zero attached hydrogens (tertiary/aromatic N) is 2. The molecular formula is C20H20N2O4. The van der Waals surface area contributed by atoms with Gasteiger partial charge in [0.05, 0.1) is 25.8 Å². The van der Waals surface area contributed by atoms with Crippen LogP contribution in [0.15, 0.2) is 53.2 Å². The van der Waals surface area contributed by atoms with Gasteiger partial charge in [-0.2, -0.15) is 0 Å². The molecule has 0 bridgehead atoms. The molecule has 6 nitrogen and oxygen atoms in total. The Morgan fingerprint density at radius 2 is 2.00 bits per heavy atom. The second-order valence-electron chi connectivity index (χ2n) is 5.76. The lowest BCUT2D eigenvalue weighted by Crippen LogP contribution is -2.06. The highest BCUT2D eigenvalue weighted by Gasteiger charge is 2.11. The van der Waals surface area contributed by atoms with Crippen molar-refractivity contribution >= 4 is 5.97 Å². The van der Waals surface area contributed by atoms with Gasteiger partial charge in [0, 0.05) is 24.4 Å². The first-order chi connectivity index (χ1) is 12.7. The Hall–Kier alpha value is -3.15. The monoisotopic (exact) mass is 352 g/mol. The second kappa shape index (κ2) is 8.29. The van der Waals surface area contributed by atoms with Gasteiger partial charge in [-0.15, -0.1) is 0 Å². The molecule has 26 heavy (non-hydrogen) atoms. The maximum atomic E-state index is 11.4. The first-order valence-electron chi connectivity index (χ1n) is 8.31. The third kappa shape index (κ3) is 4.47. The molecule has 3 rings (SSSR count). The average molecular weight is 352 g/mol. The van der Waals surface area contributed by atoms with E-state index >= 15 is 0 Å². The van der Waals surface area contributed by atoms with Crippen LogP contribution in [0.25, 0.3) is 11.5 Å². The number of benzene rings is 1. The Balaban J connectivity index is 1.59. The number of esters is 1. The molecular weight excluding hydrogens is 332 g/mol. The Morgan fingerprint density at radius 1 is 1.19 bits per heavy atom. The zero-order valence-electron chi connectivity index (χ0n) is 14.8. The van der Waals surface area contributed by atoms with Gasteiger partial charge in [-0.25, -0.2) is 4.98 Å². The molecule has 2 heterocycles. The normalized spacial score (nSPS) is 10.5. The van der Waals surface area contributed by atoms with Crippen molar-refractivity contribution in [2.24, 2.45) is 0 Å². The van der Waals surface area contributed by atoms with Crippen LogP contribution in [-0.2, 0) is 22.4 Å². The summed E-state index contributed by atoms with van der Waals surface area (Å²) in [5, 5.41) is 0. The maximum Gasteiger partial charge on any atom is 0.309 e. The quantitative estimate of drug-likeness (QED) is 0.607. The van der Waals surface area contributed by atoms with Crippen LogP contribution in [0.4, 0.5) is 0 Å². The summed E-state index contributed by atoms with van der Waals surface area (Å²) in [7, 11) is 1.38. The fourth-order valence-electron chi connectivity index (χ4n) is 2.53. The van der Waals surface area contributed by atoms with Gasteiger partial charge >= 0.3 is 5.97 Å². The molecule has 3 aromatic rings. The maximum absolute atomic E-state index is 11.4. The second-order valence-corrected chi connectivity index (χ2v) is 5.76. The van der Waals surface area contributed by atoms with Gasteiger partial charge in [0.25, 0.3) is 0 Å². The van der Waals surface area contributed by atoms with Crippen LogP contribution < -0.4 is 4.74 Å². The van der Waals surface area contributed by atoms with E-state index in [-0.39, 0.29) is 12.4 Å². The first kappa shape index (κ1) is 17.7. The van der Waals surface area contributed by atoms with E-state index in [2.05, 4.69) is 14.7 Å². The smallest absolute Gasteiger partial charge is 0.309 e. The number of rotatable bonds is 7. The zero-order chi connectivity index (χ0) is 18.4. The highest BCUT2D eigenvalue weighted by molar-refractivity contribution is 5.72. The summed E-state index contributed by atoms with van der Waals surface area (Å²) < 4.78 is 16.2. The van der Waals surface area contributed by atoms with E-state index in [9.17, 15) is 4.79 Å². The van der Waals surface area contributed by atoms with Gasteiger partial charge < -0.3 is 13.9 Å². The molecule has 0 aliphatic heterocycles. The fraction of sp³-hybridized carbons (Fsp3) is 0.250. The topological polar surface area (TPSA) is 74.5 Å². The van der Waals surface area contributed by atoms with E-state index in [0.717, 1.165) is 22.6 Å². The van der Waals surface area contributed by atoms with Gasteiger partial charge in [0.2, 0.25) is 5.89 Å². The van der Waals surface area contributed by atoms with Crippen LogP contribution in [0, 0.1) is 6.92 Å². The molecule has 6 heteroatoms. The van der Waals surface area contributed by atoms with E-state index in [4.69, 9.17) is 9.15 Å². The zero-order valence-corrected chi connectivity index (χ0v) is 14.8. The van der Waals surface area contributed by atoms with Gasteiger partial charge in [0.1, 0.15) is 11.5 Å². The molecule has 0 fully saturated rings. The molecule has 0 saturated carbocycles. The molecule has 1 aromatic carbocycles. The highest BCUT2D eigenvalue weighted by Crippen LogP contribution is 2.21. The molecule has 0 radical (unpaired) electrons. The van der Waals surface area contributed by atoms with Crippen LogP contribution in [-0.4, -0.2) is 29.7 Å². The molecule has 0 unspecified atom stereocenters. The molecule has 134 valence electrons. The SMILES string of the molecule is COC(=O)Cc1cccc(OCCc2nc(-c3ccncc3)oc2C)c1. The van der Waals surface area contributed by atoms with Gasteiger partial charge in [-0.3, -0.25) is 9.78 Å². The highest BCUT2D eigenvalue weighted by atomic mass is 16.5. The van der Waals surface area contributed by atoms with E-state index in [0.29, 0.717) is 24.7 Å². The lowest BCUT2D eigenvalue weighted by Gasteiger charge is -2.07. The Labute approximate surface area is 151 Å². The lowest BCUT2D eigenvalue weighted by molar-refractivity contribution is -0.139. The van der Waals surface area contributed by atoms with Crippen molar-refractivity contribution in [1.82, 2.24) is 9.97 Å². The molecule has 0 atom stereocenters. The molecule has 0 N–H and O–H groups in total. The molecule has 0 aliphatic carbocycles. The van der Waals surface area contributed by atoms with Gasteiger partial charge in [0.15, 0.2) is 0 Å². The Bertz CT molecular complexity index is 875. The molecule has 0 aliphatic rings. The van der Waals surface area contributed by atoms with E-state index in [1.807, 2.05) is 43.3 Å². The number of ether oxygens (including phenoxy) is 2. The number of oxazole rings is 1. The van der Waals surface area contributed by atoms with Gasteiger partial charge in [-0.05, 0) is 36.8 Å². The number of hydrogen-bond donors (Lipinski definition) is 0. The predicted molar refractivity (Wildman–Crippen MR) is 95.8 cm³/mol. The van der Waals surface area contributed by atoms with Crippen molar-refractivity contribution in [1.29, 1.82) is 0 Å². The van der Waals surface area contributed by atoms with Crippen molar-refractivity contribution in [2.45, 2.75) is 19.8 Å². The van der Waals surface area contributed by atoms with E-state index in [1.165, 1.54) is 7.11 Å². The van der Waals surface area contributed by atoms with Gasteiger partial charge in [-0.1, -0.05) is 12.1 Å². The minimum Gasteiger partial charge on any atom is -0.493 e. The summed E-state index contributed by atoms with van der Waals surface area (Å²) in [6.45, 7) is 2.36. The average Bonchev–Trinajstić information content (AvgIpc) is 3.03. The number of carbonyl (C=O) groups excluding carboxylic acids is 1. The summed E-state index contributed by atoms with van der Waals surface area (Å²) in [6.07, 6.45) is 4.27. The van der Waals surface area contributed by atoms with Crippen molar-refractivity contribution < 1.29 is 18.7 Å². The standard InChI is InChI=1S/C20H20N2O4/c1-14-18(22-20(26-14)16-6-9-21-10-7-16)8-11-25-17-5-3-4-15(12-17)13-19(23)24-2/h3-7,9-10,12H,8,11,13H2,1-2H3. The van der Waals surface area contributed by atoms with Crippen LogP contribution in [0.2, 0.25) is 0 Å². The lowest BCUT2D eigenvalue weighted by atomic mass is 10.1. The Morgan fingerprint density at radius 3 is 2.77 bits per heavy atom. The summed E-state index contributed by atoms with van der Waals surface area (Å²) in [5.74, 6) is 1.80. The summed E-state index contributed by atoms with van der Waals surface area (Å²) >= 11 is 0. The molecule has 2 aromatic heterocycles. The number of carbonyl (C=O) groups is 1. The van der Waals surface area contributed by atoms with Crippen LogP contribution >= 0.6 is 0 Å². The minimum absolute atomic E-state index is 0.228. The number of aryl methyl sites for hydroxylation is 1. The number of hydrogen-bond acceptors (Lipinski definition) is 6. The number of aromatic nitrogens is 2. The fourth-order valence-corrected chi connectivity index (χ4v) is 2.53. The molecule has 0 spiro atoms.